The number of aryl methyl sites for hydroxylation is 1. The lowest BCUT2D eigenvalue weighted by atomic mass is 9.88. The Hall–Kier alpha value is -4.94. The van der Waals surface area contributed by atoms with Gasteiger partial charge in [-0.25, -0.2) is 0 Å². The quantitative estimate of drug-likeness (QED) is 0.214. The van der Waals surface area contributed by atoms with E-state index in [1.54, 1.807) is 0 Å². The minimum atomic E-state index is 1.24. The van der Waals surface area contributed by atoms with Crippen LogP contribution < -0.4 is 0 Å². The maximum atomic E-state index is 2.36. The number of benzene rings is 8. The topological polar surface area (TPSA) is 0 Å². The third kappa shape index (κ3) is 3.53. The highest BCUT2D eigenvalue weighted by atomic mass is 14.2. The Balaban J connectivity index is 1.28. The summed E-state index contributed by atoms with van der Waals surface area (Å²) in [7, 11) is 0. The van der Waals surface area contributed by atoms with Crippen LogP contribution in [-0.2, 0) is 0 Å². The van der Waals surface area contributed by atoms with Crippen LogP contribution in [0.2, 0.25) is 0 Å². The molecule has 8 aromatic rings. The molecule has 0 nitrogen and oxygen atoms in total. The van der Waals surface area contributed by atoms with Gasteiger partial charge in [-0.3, -0.25) is 0 Å². The standard InChI is InChI=1S/C39H26/c1-25-12-13-32(31-17-14-26-6-2-3-7-30(26)22-31)24-37(25)34-11-5-10-33(23-34)35-20-18-29-16-15-27-8-4-9-28-19-21-36(35)39(29)38(27)28/h2-24H,1H3. The maximum absolute atomic E-state index is 2.36. The van der Waals surface area contributed by atoms with Crippen LogP contribution in [0.5, 0.6) is 0 Å². The molecule has 8 aromatic carbocycles. The summed E-state index contributed by atoms with van der Waals surface area (Å²) >= 11 is 0. The van der Waals surface area contributed by atoms with Crippen molar-refractivity contribution in [2.45, 2.75) is 6.92 Å². The molecule has 0 saturated carbocycles. The zero-order valence-corrected chi connectivity index (χ0v) is 21.8. The number of rotatable bonds is 3. The molecule has 0 aliphatic carbocycles. The number of hydrogen-bond acceptors (Lipinski definition) is 0. The van der Waals surface area contributed by atoms with Gasteiger partial charge in [0.15, 0.2) is 0 Å². The fourth-order valence-electron chi connectivity index (χ4n) is 6.32. The van der Waals surface area contributed by atoms with E-state index in [0.717, 1.165) is 0 Å². The molecule has 0 spiro atoms. The minimum absolute atomic E-state index is 1.24. The normalized spacial score (nSPS) is 11.7. The molecule has 0 radical (unpaired) electrons. The van der Waals surface area contributed by atoms with Gasteiger partial charge < -0.3 is 0 Å². The van der Waals surface area contributed by atoms with Gasteiger partial charge in [0.2, 0.25) is 0 Å². The molecule has 8 rings (SSSR count). The molecule has 0 aromatic heterocycles. The van der Waals surface area contributed by atoms with Crippen LogP contribution in [0.3, 0.4) is 0 Å². The Morgan fingerprint density at radius 1 is 0.333 bits per heavy atom. The van der Waals surface area contributed by atoms with E-state index >= 15 is 0 Å². The predicted octanol–water partition coefficient (Wildman–Crippen LogP) is 11.0. The Morgan fingerprint density at radius 3 is 1.77 bits per heavy atom. The Labute approximate surface area is 228 Å². The molecule has 0 unspecified atom stereocenters. The molecule has 0 heterocycles. The molecule has 0 saturated heterocycles. The molecule has 0 aliphatic heterocycles. The largest absolute Gasteiger partial charge is 0.0616 e. The molecule has 182 valence electrons. The lowest BCUT2D eigenvalue weighted by Gasteiger charge is -2.15. The van der Waals surface area contributed by atoms with E-state index in [1.807, 2.05) is 0 Å². The highest BCUT2D eigenvalue weighted by Crippen LogP contribution is 2.40. The molecule has 0 bridgehead atoms. The minimum Gasteiger partial charge on any atom is -0.0616 e. The average molecular weight is 495 g/mol. The van der Waals surface area contributed by atoms with Crippen molar-refractivity contribution >= 4 is 43.1 Å². The SMILES string of the molecule is Cc1ccc(-c2ccc3ccccc3c2)cc1-c1cccc(-c2ccc3ccc4cccc5ccc2c3c45)c1. The summed E-state index contributed by atoms with van der Waals surface area (Å²) < 4.78 is 0. The maximum Gasteiger partial charge on any atom is -0.00206 e. The third-order valence-corrected chi connectivity index (χ3v) is 8.33. The van der Waals surface area contributed by atoms with Gasteiger partial charge in [0.25, 0.3) is 0 Å². The van der Waals surface area contributed by atoms with Crippen molar-refractivity contribution in [2.75, 3.05) is 0 Å². The van der Waals surface area contributed by atoms with E-state index in [4.69, 9.17) is 0 Å². The van der Waals surface area contributed by atoms with Crippen LogP contribution >= 0.6 is 0 Å². The van der Waals surface area contributed by atoms with Gasteiger partial charge in [0.1, 0.15) is 0 Å². The van der Waals surface area contributed by atoms with Gasteiger partial charge in [-0.2, -0.15) is 0 Å². The summed E-state index contributed by atoms with van der Waals surface area (Å²) in [6.45, 7) is 2.21. The number of fused-ring (bicyclic) bond motifs is 1. The van der Waals surface area contributed by atoms with Gasteiger partial charge in [0, 0.05) is 0 Å². The summed E-state index contributed by atoms with van der Waals surface area (Å²) in [5.74, 6) is 0. The lowest BCUT2D eigenvalue weighted by molar-refractivity contribution is 1.45. The van der Waals surface area contributed by atoms with Crippen molar-refractivity contribution in [3.8, 4) is 33.4 Å². The van der Waals surface area contributed by atoms with E-state index < -0.39 is 0 Å². The van der Waals surface area contributed by atoms with E-state index in [9.17, 15) is 0 Å². The molecule has 0 amide bonds. The van der Waals surface area contributed by atoms with Crippen LogP contribution in [0.15, 0.2) is 140 Å². The zero-order chi connectivity index (χ0) is 25.9. The summed E-state index contributed by atoms with van der Waals surface area (Å²) in [5.41, 5.74) is 8.84. The van der Waals surface area contributed by atoms with Crippen molar-refractivity contribution in [3.63, 3.8) is 0 Å². The van der Waals surface area contributed by atoms with Crippen molar-refractivity contribution in [3.05, 3.63) is 145 Å². The molecule has 0 N–H and O–H groups in total. The molecular weight excluding hydrogens is 468 g/mol. The second-order valence-electron chi connectivity index (χ2n) is 10.6. The first-order valence-corrected chi connectivity index (χ1v) is 13.6. The molecule has 0 atom stereocenters. The van der Waals surface area contributed by atoms with Crippen LogP contribution in [0.25, 0.3) is 76.5 Å². The van der Waals surface area contributed by atoms with E-state index in [1.165, 1.54) is 82.0 Å². The fraction of sp³-hybridized carbons (Fsp3) is 0.0256. The fourth-order valence-corrected chi connectivity index (χ4v) is 6.32. The molecule has 0 heteroatoms. The first kappa shape index (κ1) is 22.1. The van der Waals surface area contributed by atoms with Gasteiger partial charge in [-0.15, -0.1) is 0 Å². The third-order valence-electron chi connectivity index (χ3n) is 8.33. The monoisotopic (exact) mass is 494 g/mol. The zero-order valence-electron chi connectivity index (χ0n) is 21.8. The second kappa shape index (κ2) is 8.55. The molecular formula is C39H26. The van der Waals surface area contributed by atoms with Gasteiger partial charge >= 0.3 is 0 Å². The first-order chi connectivity index (χ1) is 19.2. The highest BCUT2D eigenvalue weighted by molar-refractivity contribution is 6.25. The number of hydrogen-bond donors (Lipinski definition) is 0. The smallest absolute Gasteiger partial charge is 0.00206 e. The second-order valence-corrected chi connectivity index (χ2v) is 10.6. The first-order valence-electron chi connectivity index (χ1n) is 13.6. The predicted molar refractivity (Wildman–Crippen MR) is 169 cm³/mol. The average Bonchev–Trinajstić information content (AvgIpc) is 3.00. The van der Waals surface area contributed by atoms with Crippen LogP contribution in [0.1, 0.15) is 5.56 Å². The van der Waals surface area contributed by atoms with Crippen molar-refractivity contribution < 1.29 is 0 Å². The lowest BCUT2D eigenvalue weighted by Crippen LogP contribution is -1.89. The van der Waals surface area contributed by atoms with Crippen molar-refractivity contribution in [1.82, 2.24) is 0 Å². The summed E-state index contributed by atoms with van der Waals surface area (Å²) in [6, 6.07) is 51.5. The Bertz CT molecular complexity index is 2160. The van der Waals surface area contributed by atoms with Crippen LogP contribution in [0.4, 0.5) is 0 Å². The molecule has 39 heavy (non-hydrogen) atoms. The van der Waals surface area contributed by atoms with Crippen molar-refractivity contribution in [2.24, 2.45) is 0 Å². The highest BCUT2D eigenvalue weighted by Gasteiger charge is 2.13. The Kier molecular flexibility index (Phi) is 4.84. The summed E-state index contributed by atoms with van der Waals surface area (Å²) in [4.78, 5) is 0. The van der Waals surface area contributed by atoms with Crippen LogP contribution in [-0.4, -0.2) is 0 Å². The van der Waals surface area contributed by atoms with Gasteiger partial charge in [-0.05, 0) is 107 Å². The van der Waals surface area contributed by atoms with Gasteiger partial charge in [0.05, 0.1) is 0 Å². The summed E-state index contributed by atoms with van der Waals surface area (Å²) in [6.07, 6.45) is 0. The van der Waals surface area contributed by atoms with Gasteiger partial charge in [-0.1, -0.05) is 121 Å². The van der Waals surface area contributed by atoms with E-state index in [-0.39, 0.29) is 0 Å². The van der Waals surface area contributed by atoms with Crippen LogP contribution in [0, 0.1) is 6.92 Å². The molecule has 0 aliphatic rings. The van der Waals surface area contributed by atoms with E-state index in [2.05, 4.69) is 146 Å². The Morgan fingerprint density at radius 2 is 0.923 bits per heavy atom. The van der Waals surface area contributed by atoms with Crippen molar-refractivity contribution in [1.29, 1.82) is 0 Å². The summed E-state index contributed by atoms with van der Waals surface area (Å²) in [5, 5.41) is 10.5. The molecule has 0 fully saturated rings. The van der Waals surface area contributed by atoms with E-state index in [0.29, 0.717) is 0 Å².